The molecular formula is C24H31N3O4. The molecule has 4 atom stereocenters. The average Bonchev–Trinajstić information content (AvgIpc) is 2.78. The molecule has 4 unspecified atom stereocenters. The Morgan fingerprint density at radius 3 is 1.74 bits per heavy atom. The molecule has 7 heteroatoms. The van der Waals surface area contributed by atoms with Crippen molar-refractivity contribution in [3.8, 4) is 0 Å². The van der Waals surface area contributed by atoms with E-state index in [1.807, 2.05) is 62.4 Å². The number of carboxylic acids is 1. The molecule has 0 aliphatic carbocycles. The van der Waals surface area contributed by atoms with Gasteiger partial charge in [-0.15, -0.1) is 0 Å². The first-order chi connectivity index (χ1) is 14.8. The Morgan fingerprint density at radius 1 is 0.839 bits per heavy atom. The molecule has 2 rings (SSSR count). The molecule has 0 aromatic heterocycles. The van der Waals surface area contributed by atoms with Crippen LogP contribution in [0.4, 0.5) is 0 Å². The molecule has 31 heavy (non-hydrogen) atoms. The van der Waals surface area contributed by atoms with Crippen molar-refractivity contribution >= 4 is 17.8 Å². The molecular weight excluding hydrogens is 394 g/mol. The van der Waals surface area contributed by atoms with Crippen LogP contribution in [0.5, 0.6) is 0 Å². The summed E-state index contributed by atoms with van der Waals surface area (Å²) in [5, 5.41) is 14.9. The second-order valence-corrected chi connectivity index (χ2v) is 7.75. The summed E-state index contributed by atoms with van der Waals surface area (Å²) in [6.45, 7) is 3.81. The quantitative estimate of drug-likeness (QED) is 0.438. The number of nitrogens with two attached hydrogens (primary N) is 1. The third-order valence-corrected chi connectivity index (χ3v) is 5.37. The fourth-order valence-corrected chi connectivity index (χ4v) is 3.16. The Kier molecular flexibility index (Phi) is 9.21. The summed E-state index contributed by atoms with van der Waals surface area (Å²) in [5.74, 6) is -2.18. The fourth-order valence-electron chi connectivity index (χ4n) is 3.16. The zero-order valence-electron chi connectivity index (χ0n) is 18.0. The molecule has 2 amide bonds. The topological polar surface area (TPSA) is 122 Å². The number of carbonyl (C=O) groups is 3. The normalized spacial score (nSPS) is 14.7. The third kappa shape index (κ3) is 7.53. The standard InChI is InChI=1S/C24H31N3O4/c1-3-16(2)21(25)23(29)26-19(14-17-10-6-4-7-11-17)22(28)27-20(24(30)31)15-18-12-8-5-9-13-18/h4-13,16,19-21H,3,14-15,25H2,1-2H3,(H,26,29)(H,27,28)(H,30,31). The first-order valence-electron chi connectivity index (χ1n) is 10.5. The molecule has 2 aromatic rings. The van der Waals surface area contributed by atoms with Gasteiger partial charge in [0.15, 0.2) is 0 Å². The number of hydrogen-bond donors (Lipinski definition) is 4. The fraction of sp³-hybridized carbons (Fsp3) is 0.375. The van der Waals surface area contributed by atoms with E-state index >= 15 is 0 Å². The summed E-state index contributed by atoms with van der Waals surface area (Å²) in [4.78, 5) is 37.4. The van der Waals surface area contributed by atoms with E-state index < -0.39 is 35.9 Å². The molecule has 0 spiro atoms. The van der Waals surface area contributed by atoms with E-state index in [0.29, 0.717) is 0 Å². The van der Waals surface area contributed by atoms with Crippen LogP contribution in [-0.2, 0) is 27.2 Å². The maximum Gasteiger partial charge on any atom is 0.326 e. The molecule has 2 aromatic carbocycles. The van der Waals surface area contributed by atoms with E-state index in [1.165, 1.54) is 0 Å². The summed E-state index contributed by atoms with van der Waals surface area (Å²) in [6.07, 6.45) is 1.09. The van der Waals surface area contributed by atoms with E-state index in [1.54, 1.807) is 12.1 Å². The van der Waals surface area contributed by atoms with Gasteiger partial charge in [0, 0.05) is 12.8 Å². The third-order valence-electron chi connectivity index (χ3n) is 5.37. The molecule has 0 aliphatic rings. The number of hydrogen-bond acceptors (Lipinski definition) is 4. The lowest BCUT2D eigenvalue weighted by Gasteiger charge is -2.24. The van der Waals surface area contributed by atoms with Crippen LogP contribution >= 0.6 is 0 Å². The summed E-state index contributed by atoms with van der Waals surface area (Å²) >= 11 is 0. The molecule has 0 bridgehead atoms. The van der Waals surface area contributed by atoms with E-state index in [9.17, 15) is 19.5 Å². The van der Waals surface area contributed by atoms with Crippen LogP contribution < -0.4 is 16.4 Å². The van der Waals surface area contributed by atoms with Gasteiger partial charge < -0.3 is 21.5 Å². The molecule has 0 saturated carbocycles. The van der Waals surface area contributed by atoms with Crippen LogP contribution in [-0.4, -0.2) is 41.0 Å². The highest BCUT2D eigenvalue weighted by atomic mass is 16.4. The van der Waals surface area contributed by atoms with E-state index in [2.05, 4.69) is 10.6 Å². The predicted octanol–water partition coefficient (Wildman–Crippen LogP) is 1.90. The Hall–Kier alpha value is -3.19. The number of benzene rings is 2. The molecule has 0 saturated heterocycles. The van der Waals surface area contributed by atoms with Crippen molar-refractivity contribution in [2.45, 2.75) is 51.2 Å². The van der Waals surface area contributed by atoms with Crippen LogP contribution in [0.2, 0.25) is 0 Å². The number of amides is 2. The molecule has 0 radical (unpaired) electrons. The number of aliphatic carboxylic acids is 1. The van der Waals surface area contributed by atoms with Crippen molar-refractivity contribution < 1.29 is 19.5 Å². The molecule has 0 fully saturated rings. The number of rotatable bonds is 11. The summed E-state index contributed by atoms with van der Waals surface area (Å²) in [6, 6.07) is 15.5. The molecule has 0 heterocycles. The van der Waals surface area contributed by atoms with Gasteiger partial charge in [0.2, 0.25) is 11.8 Å². The van der Waals surface area contributed by atoms with Gasteiger partial charge in [0.25, 0.3) is 0 Å². The second kappa shape index (κ2) is 11.9. The zero-order chi connectivity index (χ0) is 22.8. The molecule has 7 nitrogen and oxygen atoms in total. The Labute approximate surface area is 183 Å². The maximum absolute atomic E-state index is 13.0. The lowest BCUT2D eigenvalue weighted by Crippen LogP contribution is -2.56. The SMILES string of the molecule is CCC(C)C(N)C(=O)NC(Cc1ccccc1)C(=O)NC(Cc1ccccc1)C(=O)O. The van der Waals surface area contributed by atoms with Crippen molar-refractivity contribution in [1.29, 1.82) is 0 Å². The van der Waals surface area contributed by atoms with Crippen LogP contribution in [0, 0.1) is 5.92 Å². The average molecular weight is 426 g/mol. The highest BCUT2D eigenvalue weighted by Crippen LogP contribution is 2.09. The van der Waals surface area contributed by atoms with E-state index in [0.717, 1.165) is 17.5 Å². The van der Waals surface area contributed by atoms with Gasteiger partial charge in [0.1, 0.15) is 12.1 Å². The van der Waals surface area contributed by atoms with Crippen LogP contribution in [0.15, 0.2) is 60.7 Å². The monoisotopic (exact) mass is 425 g/mol. The zero-order valence-corrected chi connectivity index (χ0v) is 18.0. The highest BCUT2D eigenvalue weighted by molar-refractivity contribution is 5.92. The lowest BCUT2D eigenvalue weighted by atomic mass is 9.98. The van der Waals surface area contributed by atoms with Gasteiger partial charge in [-0.3, -0.25) is 9.59 Å². The maximum atomic E-state index is 13.0. The minimum absolute atomic E-state index is 0.0507. The van der Waals surface area contributed by atoms with Gasteiger partial charge in [-0.2, -0.15) is 0 Å². The molecule has 0 aliphatic heterocycles. The van der Waals surface area contributed by atoms with Crippen molar-refractivity contribution in [3.63, 3.8) is 0 Å². The summed E-state index contributed by atoms with van der Waals surface area (Å²) < 4.78 is 0. The van der Waals surface area contributed by atoms with Gasteiger partial charge in [-0.25, -0.2) is 4.79 Å². The highest BCUT2D eigenvalue weighted by Gasteiger charge is 2.29. The Balaban J connectivity index is 2.17. The van der Waals surface area contributed by atoms with Gasteiger partial charge in [0.05, 0.1) is 6.04 Å². The molecule has 5 N–H and O–H groups in total. The van der Waals surface area contributed by atoms with Crippen molar-refractivity contribution in [2.24, 2.45) is 11.7 Å². The second-order valence-electron chi connectivity index (χ2n) is 7.75. The van der Waals surface area contributed by atoms with Crippen molar-refractivity contribution in [1.82, 2.24) is 10.6 Å². The largest absolute Gasteiger partial charge is 0.480 e. The Bertz CT molecular complexity index is 858. The van der Waals surface area contributed by atoms with Gasteiger partial charge >= 0.3 is 5.97 Å². The number of nitrogens with one attached hydrogen (secondary N) is 2. The van der Waals surface area contributed by atoms with Crippen LogP contribution in [0.3, 0.4) is 0 Å². The minimum Gasteiger partial charge on any atom is -0.480 e. The number of carboxylic acid groups (broad SMARTS) is 1. The van der Waals surface area contributed by atoms with Crippen LogP contribution in [0.25, 0.3) is 0 Å². The summed E-state index contributed by atoms with van der Waals surface area (Å²) in [7, 11) is 0. The minimum atomic E-state index is -1.14. The summed E-state index contributed by atoms with van der Waals surface area (Å²) in [5.41, 5.74) is 7.66. The Morgan fingerprint density at radius 2 is 1.29 bits per heavy atom. The van der Waals surface area contributed by atoms with Crippen molar-refractivity contribution in [3.05, 3.63) is 71.8 Å². The van der Waals surface area contributed by atoms with Gasteiger partial charge in [-0.1, -0.05) is 80.9 Å². The first kappa shape index (κ1) is 24.1. The van der Waals surface area contributed by atoms with E-state index in [4.69, 9.17) is 5.73 Å². The smallest absolute Gasteiger partial charge is 0.326 e. The van der Waals surface area contributed by atoms with Gasteiger partial charge in [-0.05, 0) is 17.0 Å². The predicted molar refractivity (Wildman–Crippen MR) is 119 cm³/mol. The van der Waals surface area contributed by atoms with Crippen LogP contribution in [0.1, 0.15) is 31.4 Å². The lowest BCUT2D eigenvalue weighted by molar-refractivity contribution is -0.142. The van der Waals surface area contributed by atoms with Crippen molar-refractivity contribution in [2.75, 3.05) is 0 Å². The first-order valence-corrected chi connectivity index (χ1v) is 10.5. The molecule has 166 valence electrons. The number of carbonyl (C=O) groups excluding carboxylic acids is 2. The van der Waals surface area contributed by atoms with E-state index in [-0.39, 0.29) is 18.8 Å².